The third kappa shape index (κ3) is 6.92. The van der Waals surface area contributed by atoms with Gasteiger partial charge in [0.1, 0.15) is 23.9 Å². The fraction of sp³-hybridized carbons (Fsp3) is 0.139. The Labute approximate surface area is 301 Å². The molecule has 238 valence electrons. The highest BCUT2D eigenvalue weighted by atomic mass is 127. The van der Waals surface area contributed by atoms with E-state index in [1.54, 1.807) is 48.9 Å². The molecule has 4 aromatic carbocycles. The molecule has 1 aliphatic rings. The van der Waals surface area contributed by atoms with Crippen LogP contribution in [0.4, 0.5) is 4.39 Å². The fourth-order valence-corrected chi connectivity index (χ4v) is 8.35. The molecule has 0 aliphatic carbocycles. The van der Waals surface area contributed by atoms with E-state index in [2.05, 4.69) is 45.2 Å². The van der Waals surface area contributed by atoms with Crippen LogP contribution in [0.1, 0.15) is 35.2 Å². The first-order chi connectivity index (χ1) is 22.8. The molecular weight excluding hydrogens is 845 g/mol. The molecule has 1 atom stereocenters. The van der Waals surface area contributed by atoms with Crippen LogP contribution in [-0.4, -0.2) is 24.3 Å². The second-order valence-electron chi connectivity index (χ2n) is 10.4. The summed E-state index contributed by atoms with van der Waals surface area (Å²) >= 11 is 5.62. The maximum absolute atomic E-state index is 14.4. The van der Waals surface area contributed by atoms with E-state index in [4.69, 9.17) is 19.2 Å². The van der Waals surface area contributed by atoms with E-state index in [1.165, 1.54) is 17.4 Å². The highest BCUT2D eigenvalue weighted by Gasteiger charge is 2.35. The van der Waals surface area contributed by atoms with E-state index >= 15 is 0 Å². The van der Waals surface area contributed by atoms with Crippen LogP contribution in [0.3, 0.4) is 0 Å². The third-order valence-electron chi connectivity index (χ3n) is 7.44. The van der Waals surface area contributed by atoms with Crippen molar-refractivity contribution in [3.05, 3.63) is 151 Å². The van der Waals surface area contributed by atoms with Gasteiger partial charge in [-0.1, -0.05) is 72.0 Å². The Morgan fingerprint density at radius 2 is 1.79 bits per heavy atom. The molecule has 47 heavy (non-hydrogen) atoms. The molecule has 0 fully saturated rings. The number of nitrogens with zero attached hydrogens (tertiary/aromatic N) is 2. The van der Waals surface area contributed by atoms with E-state index in [0.29, 0.717) is 43.2 Å². The summed E-state index contributed by atoms with van der Waals surface area (Å²) in [7, 11) is 1.57. The number of esters is 1. The molecule has 0 radical (unpaired) electrons. The van der Waals surface area contributed by atoms with E-state index in [1.807, 2.05) is 60.7 Å². The monoisotopic (exact) mass is 872 g/mol. The highest BCUT2D eigenvalue weighted by Crippen LogP contribution is 2.36. The minimum absolute atomic E-state index is 0.0184. The van der Waals surface area contributed by atoms with E-state index in [-0.39, 0.29) is 30.2 Å². The summed E-state index contributed by atoms with van der Waals surface area (Å²) in [6, 6.07) is 26.2. The molecule has 7 nitrogen and oxygen atoms in total. The topological polar surface area (TPSA) is 79.1 Å². The van der Waals surface area contributed by atoms with Gasteiger partial charge in [-0.2, -0.15) is 0 Å². The average Bonchev–Trinajstić information content (AvgIpc) is 3.38. The number of fused-ring (bicyclic) bond motifs is 1. The lowest BCUT2D eigenvalue weighted by Gasteiger charge is -2.26. The molecule has 0 N–H and O–H groups in total. The Kier molecular flexibility index (Phi) is 10.2. The zero-order valence-electron chi connectivity index (χ0n) is 25.2. The molecule has 2 heterocycles. The van der Waals surface area contributed by atoms with Gasteiger partial charge in [0.15, 0.2) is 4.80 Å². The summed E-state index contributed by atoms with van der Waals surface area (Å²) < 4.78 is 35.4. The van der Waals surface area contributed by atoms with Gasteiger partial charge < -0.3 is 14.2 Å². The summed E-state index contributed by atoms with van der Waals surface area (Å²) in [6.07, 6.45) is 1.77. The van der Waals surface area contributed by atoms with E-state index in [9.17, 15) is 14.0 Å². The number of ether oxygens (including phenoxy) is 3. The van der Waals surface area contributed by atoms with Crippen molar-refractivity contribution in [3.8, 4) is 11.5 Å². The van der Waals surface area contributed by atoms with Crippen molar-refractivity contribution in [2.75, 3.05) is 13.7 Å². The number of carbonyl (C=O) groups is 1. The van der Waals surface area contributed by atoms with E-state index < -0.39 is 12.0 Å². The molecular formula is C36H27FI2N2O5S. The number of methoxy groups -OCH3 is 1. The normalized spacial score (nSPS) is 14.4. The van der Waals surface area contributed by atoms with Gasteiger partial charge in [0, 0.05) is 20.3 Å². The number of thiazole rings is 1. The molecule has 0 spiro atoms. The number of rotatable bonds is 9. The second-order valence-corrected chi connectivity index (χ2v) is 13.8. The van der Waals surface area contributed by atoms with Gasteiger partial charge in [-0.25, -0.2) is 14.2 Å². The van der Waals surface area contributed by atoms with Crippen LogP contribution in [0.15, 0.2) is 106 Å². The smallest absolute Gasteiger partial charge is 0.338 e. The molecule has 0 saturated heterocycles. The van der Waals surface area contributed by atoms with Crippen LogP contribution < -0.4 is 24.4 Å². The molecule has 1 aromatic heterocycles. The predicted molar refractivity (Wildman–Crippen MR) is 197 cm³/mol. The first-order valence-corrected chi connectivity index (χ1v) is 17.5. The first kappa shape index (κ1) is 33.1. The zero-order valence-corrected chi connectivity index (χ0v) is 30.3. The zero-order chi connectivity index (χ0) is 33.1. The lowest BCUT2D eigenvalue weighted by Crippen LogP contribution is -2.40. The van der Waals surface area contributed by atoms with Crippen molar-refractivity contribution in [2.45, 2.75) is 19.6 Å². The van der Waals surface area contributed by atoms with Gasteiger partial charge in [0.05, 0.1) is 39.1 Å². The Morgan fingerprint density at radius 3 is 2.53 bits per heavy atom. The third-order valence-corrected chi connectivity index (χ3v) is 9.84. The van der Waals surface area contributed by atoms with Crippen LogP contribution in [-0.2, 0) is 16.1 Å². The Bertz CT molecular complexity index is 2200. The van der Waals surface area contributed by atoms with Crippen LogP contribution in [0, 0.1) is 13.0 Å². The Morgan fingerprint density at radius 1 is 1.02 bits per heavy atom. The van der Waals surface area contributed by atoms with E-state index in [0.717, 1.165) is 12.7 Å². The van der Waals surface area contributed by atoms with Crippen LogP contribution in [0.25, 0.3) is 11.8 Å². The van der Waals surface area contributed by atoms with Gasteiger partial charge in [0.2, 0.25) is 0 Å². The Hall–Kier alpha value is -3.82. The standard InChI is InChI=1S/C36H27FI2N2O5S/c1-3-45-35(43)30-31(21-10-5-4-6-11-21)40-36-41(32(30)22-13-9-14-26(17-22)44-2)34(42)29(47-36)18-24-16-25(38)19-28(39)33(24)46-20-23-12-7-8-15-27(23)37/h4-19,32H,3,20H2,1-2H3/b29-18-/t32-/m0/s1. The minimum atomic E-state index is -0.842. The van der Waals surface area contributed by atoms with Gasteiger partial charge >= 0.3 is 5.97 Å². The lowest BCUT2D eigenvalue weighted by molar-refractivity contribution is -0.138. The molecule has 6 rings (SSSR count). The predicted octanol–water partition coefficient (Wildman–Crippen LogP) is 6.87. The largest absolute Gasteiger partial charge is 0.497 e. The van der Waals surface area contributed by atoms with Crippen LogP contribution >= 0.6 is 56.5 Å². The first-order valence-electron chi connectivity index (χ1n) is 14.6. The molecule has 1 aliphatic heterocycles. The number of hydrogen-bond donors (Lipinski definition) is 0. The highest BCUT2D eigenvalue weighted by molar-refractivity contribution is 14.1. The number of halogens is 3. The Balaban J connectivity index is 1.57. The average molecular weight is 872 g/mol. The molecule has 0 unspecified atom stereocenters. The van der Waals surface area contributed by atoms with Crippen LogP contribution in [0.2, 0.25) is 0 Å². The summed E-state index contributed by atoms with van der Waals surface area (Å²) in [5.74, 6) is 0.193. The summed E-state index contributed by atoms with van der Waals surface area (Å²) in [4.78, 5) is 33.5. The molecule has 0 amide bonds. The minimum Gasteiger partial charge on any atom is -0.497 e. The van der Waals surface area contributed by atoms with Crippen molar-refractivity contribution < 1.29 is 23.4 Å². The molecule has 11 heteroatoms. The lowest BCUT2D eigenvalue weighted by atomic mass is 9.93. The van der Waals surface area contributed by atoms with Crippen LogP contribution in [0.5, 0.6) is 11.5 Å². The van der Waals surface area contributed by atoms with Gasteiger partial charge in [-0.05, 0) is 94.1 Å². The van der Waals surface area contributed by atoms with Crippen molar-refractivity contribution in [1.82, 2.24) is 4.57 Å². The number of hydrogen-bond acceptors (Lipinski definition) is 7. The summed E-state index contributed by atoms with van der Waals surface area (Å²) in [5, 5.41) is 0. The second kappa shape index (κ2) is 14.5. The van der Waals surface area contributed by atoms with Gasteiger partial charge in [0.25, 0.3) is 5.56 Å². The van der Waals surface area contributed by atoms with Crippen molar-refractivity contribution in [2.24, 2.45) is 4.99 Å². The molecule has 5 aromatic rings. The van der Waals surface area contributed by atoms with Crippen molar-refractivity contribution in [3.63, 3.8) is 0 Å². The summed E-state index contributed by atoms with van der Waals surface area (Å²) in [6.45, 7) is 1.91. The molecule has 0 saturated carbocycles. The van der Waals surface area contributed by atoms with Gasteiger partial charge in [-0.15, -0.1) is 0 Å². The SMILES string of the molecule is CCOC(=O)C1=C(c2ccccc2)N=c2s/c(=C\c3cc(I)cc(I)c3OCc3ccccc3F)c(=O)n2[C@H]1c1cccc(OC)c1. The molecule has 0 bridgehead atoms. The van der Waals surface area contributed by atoms with Crippen molar-refractivity contribution in [1.29, 1.82) is 0 Å². The quantitative estimate of drug-likeness (QED) is 0.120. The number of carbonyl (C=O) groups excluding carboxylic acids is 1. The number of aromatic nitrogens is 1. The maximum atomic E-state index is 14.4. The summed E-state index contributed by atoms with van der Waals surface area (Å²) in [5.41, 5.74) is 2.83. The number of benzene rings is 4. The maximum Gasteiger partial charge on any atom is 0.338 e. The fourth-order valence-electron chi connectivity index (χ4n) is 5.31. The van der Waals surface area contributed by atoms with Gasteiger partial charge in [-0.3, -0.25) is 9.36 Å². The van der Waals surface area contributed by atoms with Crippen molar-refractivity contribution >= 4 is 74.3 Å².